The SMILES string of the molecule is CCN(CC)C(=O)CN1CCN(CN2C(=O)NC3(C2=O)C(C)CCCC3C)CC1. The first-order valence-corrected chi connectivity index (χ1v) is 11.2. The third-order valence-electron chi connectivity index (χ3n) is 7.27. The van der Waals surface area contributed by atoms with E-state index in [0.29, 0.717) is 13.2 Å². The number of hydrogen-bond donors (Lipinski definition) is 1. The Labute approximate surface area is 174 Å². The molecule has 2 unspecified atom stereocenters. The highest BCUT2D eigenvalue weighted by atomic mass is 16.2. The third-order valence-corrected chi connectivity index (χ3v) is 7.27. The third kappa shape index (κ3) is 4.14. The van der Waals surface area contributed by atoms with Crippen molar-refractivity contribution in [1.29, 1.82) is 0 Å². The van der Waals surface area contributed by atoms with Gasteiger partial charge in [-0.1, -0.05) is 20.3 Å². The molecular formula is C21H37N5O3. The fraction of sp³-hybridized carbons (Fsp3) is 0.857. The lowest BCUT2D eigenvalue weighted by Gasteiger charge is -2.42. The summed E-state index contributed by atoms with van der Waals surface area (Å²) >= 11 is 0. The molecule has 3 rings (SSSR count). The van der Waals surface area contributed by atoms with E-state index in [9.17, 15) is 14.4 Å². The maximum atomic E-state index is 13.3. The van der Waals surface area contributed by atoms with E-state index in [1.807, 2.05) is 18.7 Å². The predicted octanol–water partition coefficient (Wildman–Crippen LogP) is 1.18. The average Bonchev–Trinajstić information content (AvgIpc) is 2.94. The second-order valence-electron chi connectivity index (χ2n) is 8.87. The van der Waals surface area contributed by atoms with Crippen LogP contribution in [0.1, 0.15) is 47.0 Å². The van der Waals surface area contributed by atoms with Crippen LogP contribution in [0.15, 0.2) is 0 Å². The van der Waals surface area contributed by atoms with Crippen LogP contribution in [0.25, 0.3) is 0 Å². The predicted molar refractivity (Wildman–Crippen MR) is 111 cm³/mol. The van der Waals surface area contributed by atoms with Crippen molar-refractivity contribution < 1.29 is 14.4 Å². The molecule has 8 nitrogen and oxygen atoms in total. The lowest BCUT2D eigenvalue weighted by Crippen LogP contribution is -2.59. The van der Waals surface area contributed by atoms with Crippen molar-refractivity contribution in [1.82, 2.24) is 24.9 Å². The monoisotopic (exact) mass is 407 g/mol. The first-order chi connectivity index (χ1) is 13.8. The standard InChI is InChI=1S/C21H37N5O3/c1-5-25(6-2)18(27)14-23-10-12-24(13-11-23)15-26-19(28)21(22-20(26)29)16(3)8-7-9-17(21)4/h16-17H,5-15H2,1-4H3,(H,22,29). The van der Waals surface area contributed by atoms with Gasteiger partial charge in [-0.15, -0.1) is 0 Å². The molecular weight excluding hydrogens is 370 g/mol. The van der Waals surface area contributed by atoms with E-state index in [1.165, 1.54) is 4.90 Å². The molecule has 8 heteroatoms. The molecule has 3 fully saturated rings. The van der Waals surface area contributed by atoms with Gasteiger partial charge in [0.15, 0.2) is 0 Å². The first-order valence-electron chi connectivity index (χ1n) is 11.2. The topological polar surface area (TPSA) is 76.2 Å². The van der Waals surface area contributed by atoms with Crippen LogP contribution in [0, 0.1) is 11.8 Å². The van der Waals surface area contributed by atoms with Crippen molar-refractivity contribution in [2.24, 2.45) is 11.8 Å². The van der Waals surface area contributed by atoms with Crippen molar-refractivity contribution in [3.8, 4) is 0 Å². The molecule has 2 atom stereocenters. The maximum absolute atomic E-state index is 13.3. The first kappa shape index (κ1) is 22.0. The van der Waals surface area contributed by atoms with Gasteiger partial charge in [0.1, 0.15) is 5.54 Å². The number of amides is 4. The zero-order valence-electron chi connectivity index (χ0n) is 18.4. The van der Waals surface area contributed by atoms with Gasteiger partial charge < -0.3 is 10.2 Å². The number of nitrogens with one attached hydrogen (secondary N) is 1. The number of carbonyl (C=O) groups excluding carboxylic acids is 3. The van der Waals surface area contributed by atoms with E-state index >= 15 is 0 Å². The van der Waals surface area contributed by atoms with Crippen LogP contribution >= 0.6 is 0 Å². The molecule has 0 bridgehead atoms. The van der Waals surface area contributed by atoms with Crippen LogP contribution in [-0.2, 0) is 9.59 Å². The summed E-state index contributed by atoms with van der Waals surface area (Å²) in [6.45, 7) is 13.5. The van der Waals surface area contributed by atoms with Crippen LogP contribution in [0.5, 0.6) is 0 Å². The fourth-order valence-corrected chi connectivity index (χ4v) is 5.24. The van der Waals surface area contributed by atoms with Gasteiger partial charge in [0.05, 0.1) is 13.2 Å². The van der Waals surface area contributed by atoms with E-state index in [0.717, 1.165) is 58.5 Å². The number of imide groups is 1. The number of hydrogen-bond acceptors (Lipinski definition) is 5. The van der Waals surface area contributed by atoms with Gasteiger partial charge in [-0.3, -0.25) is 19.4 Å². The summed E-state index contributed by atoms with van der Waals surface area (Å²) in [5, 5.41) is 3.07. The van der Waals surface area contributed by atoms with Crippen molar-refractivity contribution in [2.45, 2.75) is 52.5 Å². The molecule has 1 N–H and O–H groups in total. The van der Waals surface area contributed by atoms with Crippen LogP contribution in [0.4, 0.5) is 4.79 Å². The molecule has 3 aliphatic rings. The molecule has 29 heavy (non-hydrogen) atoms. The minimum atomic E-state index is -0.729. The Morgan fingerprint density at radius 2 is 1.59 bits per heavy atom. The smallest absolute Gasteiger partial charge is 0.326 e. The van der Waals surface area contributed by atoms with Gasteiger partial charge in [0.25, 0.3) is 5.91 Å². The molecule has 4 amide bonds. The number of rotatable bonds is 6. The molecule has 0 radical (unpaired) electrons. The Morgan fingerprint density at radius 3 is 2.14 bits per heavy atom. The summed E-state index contributed by atoms with van der Waals surface area (Å²) in [5.74, 6) is 0.437. The molecule has 1 aliphatic carbocycles. The van der Waals surface area contributed by atoms with E-state index < -0.39 is 5.54 Å². The summed E-state index contributed by atoms with van der Waals surface area (Å²) < 4.78 is 0. The highest BCUT2D eigenvalue weighted by molar-refractivity contribution is 6.07. The zero-order chi connectivity index (χ0) is 21.2. The zero-order valence-corrected chi connectivity index (χ0v) is 18.4. The Hall–Kier alpha value is -1.67. The van der Waals surface area contributed by atoms with Gasteiger partial charge in [-0.25, -0.2) is 9.69 Å². The summed E-state index contributed by atoms with van der Waals surface area (Å²) in [6.07, 6.45) is 3.06. The lowest BCUT2D eigenvalue weighted by molar-refractivity contribution is -0.138. The van der Waals surface area contributed by atoms with Gasteiger partial charge in [-0.2, -0.15) is 0 Å². The second-order valence-corrected chi connectivity index (χ2v) is 8.87. The van der Waals surface area contributed by atoms with Crippen molar-refractivity contribution in [3.05, 3.63) is 0 Å². The molecule has 0 aromatic carbocycles. The summed E-state index contributed by atoms with van der Waals surface area (Å²) in [4.78, 5) is 45.9. The quantitative estimate of drug-likeness (QED) is 0.669. The van der Waals surface area contributed by atoms with Crippen LogP contribution < -0.4 is 5.32 Å². The van der Waals surface area contributed by atoms with E-state index in [4.69, 9.17) is 0 Å². The number of urea groups is 1. The second kappa shape index (κ2) is 9.00. The average molecular weight is 408 g/mol. The van der Waals surface area contributed by atoms with Gasteiger partial charge >= 0.3 is 6.03 Å². The van der Waals surface area contributed by atoms with Crippen LogP contribution in [0.2, 0.25) is 0 Å². The molecule has 1 spiro atoms. The summed E-state index contributed by atoms with van der Waals surface area (Å²) in [6, 6.07) is -0.255. The Balaban J connectivity index is 1.55. The Kier molecular flexibility index (Phi) is 6.83. The maximum Gasteiger partial charge on any atom is 0.326 e. The highest BCUT2D eigenvalue weighted by Gasteiger charge is 2.58. The Morgan fingerprint density at radius 1 is 1.03 bits per heavy atom. The number of carbonyl (C=O) groups is 3. The lowest BCUT2D eigenvalue weighted by atomic mass is 9.67. The number of likely N-dealkylation sites (N-methyl/N-ethyl adjacent to an activating group) is 1. The minimum Gasteiger partial charge on any atom is -0.342 e. The number of piperazine rings is 1. The summed E-state index contributed by atoms with van der Waals surface area (Å²) in [7, 11) is 0. The summed E-state index contributed by atoms with van der Waals surface area (Å²) in [5.41, 5.74) is -0.729. The van der Waals surface area contributed by atoms with Crippen LogP contribution in [0.3, 0.4) is 0 Å². The van der Waals surface area contributed by atoms with E-state index in [-0.39, 0.29) is 29.7 Å². The van der Waals surface area contributed by atoms with Crippen LogP contribution in [-0.4, -0.2) is 95.5 Å². The molecule has 0 aromatic rings. The van der Waals surface area contributed by atoms with Crippen molar-refractivity contribution in [2.75, 3.05) is 52.5 Å². The van der Waals surface area contributed by atoms with E-state index in [2.05, 4.69) is 29.0 Å². The molecule has 1 saturated carbocycles. The Bertz CT molecular complexity index is 618. The van der Waals surface area contributed by atoms with Gasteiger partial charge in [0, 0.05) is 39.3 Å². The van der Waals surface area contributed by atoms with Crippen molar-refractivity contribution in [3.63, 3.8) is 0 Å². The van der Waals surface area contributed by atoms with Gasteiger partial charge in [-0.05, 0) is 38.5 Å². The molecule has 2 aliphatic heterocycles. The van der Waals surface area contributed by atoms with E-state index in [1.54, 1.807) is 0 Å². The number of nitrogens with zero attached hydrogens (tertiary/aromatic N) is 4. The molecule has 164 valence electrons. The van der Waals surface area contributed by atoms with Gasteiger partial charge in [0.2, 0.25) is 5.91 Å². The largest absolute Gasteiger partial charge is 0.342 e. The van der Waals surface area contributed by atoms with Crippen molar-refractivity contribution >= 4 is 17.8 Å². The fourth-order valence-electron chi connectivity index (χ4n) is 5.24. The minimum absolute atomic E-state index is 0.0543. The molecule has 0 aromatic heterocycles. The normalized spacial score (nSPS) is 31.4. The highest BCUT2D eigenvalue weighted by Crippen LogP contribution is 2.42. The molecule has 2 saturated heterocycles. The molecule has 2 heterocycles.